The lowest BCUT2D eigenvalue weighted by atomic mass is 10.0. The van der Waals surface area contributed by atoms with Crippen LogP contribution in [0.15, 0.2) is 24.3 Å². The molecule has 1 amide bonds. The van der Waals surface area contributed by atoms with E-state index < -0.39 is 0 Å². The van der Waals surface area contributed by atoms with E-state index in [4.69, 9.17) is 4.74 Å². The number of amides is 1. The van der Waals surface area contributed by atoms with E-state index in [0.29, 0.717) is 11.8 Å². The number of aryl methyl sites for hydroxylation is 1. The summed E-state index contributed by atoms with van der Waals surface area (Å²) < 4.78 is 5.28. The Balaban J connectivity index is 1.37. The summed E-state index contributed by atoms with van der Waals surface area (Å²) in [5.41, 5.74) is 1.33. The number of nitrogens with zero attached hydrogens (tertiary/aromatic N) is 2. The van der Waals surface area contributed by atoms with Gasteiger partial charge >= 0.3 is 0 Å². The highest BCUT2D eigenvalue weighted by atomic mass is 16.5. The standard InChI is InChI=1S/C20H30N2O2/c1-16(18-8-9-18)20(23)22-13-11-21(12-14-22)10-4-6-17-5-3-7-19(15-17)24-2/h3,5,7,15-16,18H,4,6,8-14H2,1-2H3. The number of hydrogen-bond donors (Lipinski definition) is 0. The van der Waals surface area contributed by atoms with Gasteiger partial charge < -0.3 is 9.64 Å². The van der Waals surface area contributed by atoms with E-state index >= 15 is 0 Å². The molecule has 4 heteroatoms. The van der Waals surface area contributed by atoms with Crippen molar-refractivity contribution >= 4 is 5.91 Å². The maximum atomic E-state index is 12.4. The van der Waals surface area contributed by atoms with Gasteiger partial charge in [0.05, 0.1) is 7.11 Å². The average Bonchev–Trinajstić information content (AvgIpc) is 3.46. The SMILES string of the molecule is COc1cccc(CCCN2CCN(C(=O)C(C)C3CC3)CC2)c1. The first-order valence-corrected chi connectivity index (χ1v) is 9.31. The Morgan fingerprint density at radius 3 is 2.67 bits per heavy atom. The molecule has 0 spiro atoms. The molecule has 0 bridgehead atoms. The van der Waals surface area contributed by atoms with E-state index in [1.165, 1.54) is 18.4 Å². The minimum atomic E-state index is 0.240. The van der Waals surface area contributed by atoms with E-state index in [2.05, 4.69) is 34.9 Å². The normalized spacial score (nSPS) is 20.0. The van der Waals surface area contributed by atoms with Crippen molar-refractivity contribution in [3.05, 3.63) is 29.8 Å². The zero-order chi connectivity index (χ0) is 16.9. The van der Waals surface area contributed by atoms with Crippen LogP contribution in [-0.4, -0.2) is 55.5 Å². The summed E-state index contributed by atoms with van der Waals surface area (Å²) in [7, 11) is 1.71. The van der Waals surface area contributed by atoms with Gasteiger partial charge in [-0.3, -0.25) is 9.69 Å². The van der Waals surface area contributed by atoms with Gasteiger partial charge in [0.25, 0.3) is 0 Å². The van der Waals surface area contributed by atoms with Crippen molar-refractivity contribution in [3.8, 4) is 5.75 Å². The quantitative estimate of drug-likeness (QED) is 0.771. The number of benzene rings is 1. The zero-order valence-electron chi connectivity index (χ0n) is 15.0. The number of ether oxygens (including phenoxy) is 1. The second kappa shape index (κ2) is 8.02. The third-order valence-electron chi connectivity index (χ3n) is 5.48. The Kier molecular flexibility index (Phi) is 5.77. The third kappa shape index (κ3) is 4.50. The van der Waals surface area contributed by atoms with Crippen LogP contribution in [0, 0.1) is 11.8 Å². The van der Waals surface area contributed by atoms with E-state index in [1.807, 2.05) is 6.07 Å². The highest BCUT2D eigenvalue weighted by molar-refractivity contribution is 5.79. The Hall–Kier alpha value is -1.55. The Morgan fingerprint density at radius 1 is 1.25 bits per heavy atom. The van der Waals surface area contributed by atoms with Crippen LogP contribution in [0.2, 0.25) is 0 Å². The molecule has 0 N–H and O–H groups in total. The number of methoxy groups -OCH3 is 1. The molecule has 1 saturated heterocycles. The molecule has 0 radical (unpaired) electrons. The summed E-state index contributed by atoms with van der Waals surface area (Å²) in [5, 5.41) is 0. The van der Waals surface area contributed by atoms with Gasteiger partial charge in [0, 0.05) is 32.1 Å². The van der Waals surface area contributed by atoms with Crippen molar-refractivity contribution in [1.82, 2.24) is 9.80 Å². The predicted octanol–water partition coefficient (Wildman–Crippen LogP) is 2.82. The predicted molar refractivity (Wildman–Crippen MR) is 96.2 cm³/mol. The van der Waals surface area contributed by atoms with E-state index in [-0.39, 0.29) is 5.92 Å². The van der Waals surface area contributed by atoms with Crippen LogP contribution < -0.4 is 4.74 Å². The number of rotatable bonds is 7. The van der Waals surface area contributed by atoms with Crippen molar-refractivity contribution in [2.24, 2.45) is 11.8 Å². The molecule has 2 fully saturated rings. The van der Waals surface area contributed by atoms with Crippen LogP contribution in [0.3, 0.4) is 0 Å². The summed E-state index contributed by atoms with van der Waals surface area (Å²) in [6.07, 6.45) is 4.73. The molecule has 1 unspecified atom stereocenters. The van der Waals surface area contributed by atoms with E-state index in [0.717, 1.165) is 51.3 Å². The molecule has 1 heterocycles. The van der Waals surface area contributed by atoms with Crippen LogP contribution in [0.4, 0.5) is 0 Å². The van der Waals surface area contributed by atoms with E-state index in [9.17, 15) is 4.79 Å². The van der Waals surface area contributed by atoms with Gasteiger partial charge in [-0.1, -0.05) is 19.1 Å². The van der Waals surface area contributed by atoms with Crippen molar-refractivity contribution in [1.29, 1.82) is 0 Å². The minimum absolute atomic E-state index is 0.240. The van der Waals surface area contributed by atoms with Gasteiger partial charge in [-0.05, 0) is 55.8 Å². The maximum Gasteiger partial charge on any atom is 0.225 e. The van der Waals surface area contributed by atoms with Gasteiger partial charge in [-0.2, -0.15) is 0 Å². The molecular formula is C20H30N2O2. The molecule has 132 valence electrons. The monoisotopic (exact) mass is 330 g/mol. The van der Waals surface area contributed by atoms with Crippen molar-refractivity contribution < 1.29 is 9.53 Å². The second-order valence-electron chi connectivity index (χ2n) is 7.25. The Labute approximate surface area is 145 Å². The topological polar surface area (TPSA) is 32.8 Å². The first-order chi connectivity index (χ1) is 11.7. The summed E-state index contributed by atoms with van der Waals surface area (Å²) in [4.78, 5) is 17.0. The second-order valence-corrected chi connectivity index (χ2v) is 7.25. The lowest BCUT2D eigenvalue weighted by molar-refractivity contribution is -0.137. The molecule has 1 saturated carbocycles. The Bertz CT molecular complexity index is 548. The Morgan fingerprint density at radius 2 is 2.00 bits per heavy atom. The fourth-order valence-electron chi connectivity index (χ4n) is 3.61. The summed E-state index contributed by atoms with van der Waals surface area (Å²) in [5.74, 6) is 2.22. The van der Waals surface area contributed by atoms with Gasteiger partial charge in [0.2, 0.25) is 5.91 Å². The van der Waals surface area contributed by atoms with Crippen LogP contribution >= 0.6 is 0 Å². The molecule has 0 aromatic heterocycles. The molecule has 2 aliphatic rings. The fraction of sp³-hybridized carbons (Fsp3) is 0.650. The molecule has 4 nitrogen and oxygen atoms in total. The first kappa shape index (κ1) is 17.3. The fourth-order valence-corrected chi connectivity index (χ4v) is 3.61. The van der Waals surface area contributed by atoms with Crippen molar-refractivity contribution in [2.75, 3.05) is 39.8 Å². The number of carbonyl (C=O) groups is 1. The van der Waals surface area contributed by atoms with Crippen LogP contribution in [-0.2, 0) is 11.2 Å². The summed E-state index contributed by atoms with van der Waals surface area (Å²) in [6.45, 7) is 7.05. The molecule has 1 atom stereocenters. The molecule has 3 rings (SSSR count). The number of carbonyl (C=O) groups excluding carboxylic acids is 1. The lowest BCUT2D eigenvalue weighted by Crippen LogP contribution is -2.50. The van der Waals surface area contributed by atoms with Gasteiger partial charge in [0.15, 0.2) is 0 Å². The van der Waals surface area contributed by atoms with Crippen molar-refractivity contribution in [2.45, 2.75) is 32.6 Å². The molecule has 1 aliphatic heterocycles. The summed E-state index contributed by atoms with van der Waals surface area (Å²) in [6, 6.07) is 8.33. The molecule has 1 aliphatic carbocycles. The van der Waals surface area contributed by atoms with Gasteiger partial charge in [-0.25, -0.2) is 0 Å². The molecule has 1 aromatic rings. The average molecular weight is 330 g/mol. The van der Waals surface area contributed by atoms with Gasteiger partial charge in [0.1, 0.15) is 5.75 Å². The third-order valence-corrected chi connectivity index (χ3v) is 5.48. The van der Waals surface area contributed by atoms with E-state index in [1.54, 1.807) is 7.11 Å². The minimum Gasteiger partial charge on any atom is -0.497 e. The largest absolute Gasteiger partial charge is 0.497 e. The maximum absolute atomic E-state index is 12.4. The van der Waals surface area contributed by atoms with Crippen LogP contribution in [0.1, 0.15) is 31.7 Å². The van der Waals surface area contributed by atoms with Crippen LogP contribution in [0.5, 0.6) is 5.75 Å². The number of hydrogen-bond acceptors (Lipinski definition) is 3. The number of piperazine rings is 1. The van der Waals surface area contributed by atoms with Crippen LogP contribution in [0.25, 0.3) is 0 Å². The lowest BCUT2D eigenvalue weighted by Gasteiger charge is -2.36. The van der Waals surface area contributed by atoms with Crippen molar-refractivity contribution in [3.63, 3.8) is 0 Å². The zero-order valence-corrected chi connectivity index (χ0v) is 15.0. The molecule has 1 aromatic carbocycles. The highest BCUT2D eigenvalue weighted by Crippen LogP contribution is 2.37. The smallest absolute Gasteiger partial charge is 0.225 e. The first-order valence-electron chi connectivity index (χ1n) is 9.31. The molecular weight excluding hydrogens is 300 g/mol. The van der Waals surface area contributed by atoms with Gasteiger partial charge in [-0.15, -0.1) is 0 Å². The highest BCUT2D eigenvalue weighted by Gasteiger charge is 2.35. The summed E-state index contributed by atoms with van der Waals surface area (Å²) >= 11 is 0. The molecule has 24 heavy (non-hydrogen) atoms.